The second kappa shape index (κ2) is 10.0. The maximum absolute atomic E-state index is 11.8. The second-order valence-corrected chi connectivity index (χ2v) is 5.83. The van der Waals surface area contributed by atoms with Crippen LogP contribution in [0.5, 0.6) is 5.75 Å². The van der Waals surface area contributed by atoms with E-state index in [0.29, 0.717) is 12.3 Å². The van der Waals surface area contributed by atoms with Gasteiger partial charge in [0.1, 0.15) is 5.75 Å². The fourth-order valence-electron chi connectivity index (χ4n) is 2.31. The number of nitrogens with one attached hydrogen (secondary N) is 1. The van der Waals surface area contributed by atoms with Gasteiger partial charge in [-0.2, -0.15) is 0 Å². The highest BCUT2D eigenvalue weighted by Crippen LogP contribution is 2.14. The molecule has 0 fully saturated rings. The van der Waals surface area contributed by atoms with Gasteiger partial charge in [-0.15, -0.1) is 0 Å². The van der Waals surface area contributed by atoms with Crippen LogP contribution in [-0.4, -0.2) is 32.1 Å². The molecule has 0 heterocycles. The Hall–Kier alpha value is -3.08. The predicted octanol–water partition coefficient (Wildman–Crippen LogP) is 3.17. The molecule has 0 aliphatic heterocycles. The van der Waals surface area contributed by atoms with Gasteiger partial charge in [-0.25, -0.2) is 4.79 Å². The summed E-state index contributed by atoms with van der Waals surface area (Å²) in [4.78, 5) is 23.5. The largest absolute Gasteiger partial charge is 0.497 e. The second-order valence-electron chi connectivity index (χ2n) is 5.83. The van der Waals surface area contributed by atoms with Crippen molar-refractivity contribution >= 4 is 18.0 Å². The molecule has 26 heavy (non-hydrogen) atoms. The molecule has 0 saturated carbocycles. The Morgan fingerprint density at radius 2 is 1.88 bits per heavy atom. The molecule has 5 heteroatoms. The number of hydrogen-bond donors (Lipinski definition) is 1. The van der Waals surface area contributed by atoms with E-state index in [-0.39, 0.29) is 18.4 Å². The van der Waals surface area contributed by atoms with Gasteiger partial charge in [0.15, 0.2) is 6.61 Å². The van der Waals surface area contributed by atoms with Crippen LogP contribution >= 0.6 is 0 Å². The molecular weight excluding hydrogens is 330 g/mol. The standard InChI is InChI=1S/C21H23NO4/c1-16(18-8-4-3-5-9-18)14-22-20(23)15-26-21(24)12-11-17-7-6-10-19(13-17)25-2/h3-13,16H,14-15H2,1-2H3,(H,22,23)/b12-11+/t16-/m0/s1. The van der Waals surface area contributed by atoms with Gasteiger partial charge in [-0.05, 0) is 35.3 Å². The molecule has 0 spiro atoms. The maximum Gasteiger partial charge on any atom is 0.331 e. The third kappa shape index (κ3) is 6.43. The Morgan fingerprint density at radius 1 is 1.12 bits per heavy atom. The molecule has 0 aliphatic rings. The first kappa shape index (κ1) is 19.2. The Kier molecular flexibility index (Phi) is 7.43. The van der Waals surface area contributed by atoms with Gasteiger partial charge < -0.3 is 14.8 Å². The normalized spacial score (nSPS) is 11.8. The van der Waals surface area contributed by atoms with Gasteiger partial charge in [0.2, 0.25) is 0 Å². The van der Waals surface area contributed by atoms with Crippen molar-refractivity contribution < 1.29 is 19.1 Å². The average Bonchev–Trinajstić information content (AvgIpc) is 2.69. The van der Waals surface area contributed by atoms with Gasteiger partial charge in [-0.1, -0.05) is 49.4 Å². The van der Waals surface area contributed by atoms with Crippen molar-refractivity contribution in [3.05, 3.63) is 71.8 Å². The fraction of sp³-hybridized carbons (Fsp3) is 0.238. The number of amides is 1. The van der Waals surface area contributed by atoms with E-state index in [1.807, 2.05) is 55.5 Å². The molecule has 0 unspecified atom stereocenters. The number of rotatable bonds is 8. The monoisotopic (exact) mass is 353 g/mol. The molecule has 1 N–H and O–H groups in total. The number of carbonyl (C=O) groups excluding carboxylic acids is 2. The molecule has 1 atom stereocenters. The molecule has 0 aliphatic carbocycles. The van der Waals surface area contributed by atoms with E-state index in [1.54, 1.807) is 19.3 Å². The van der Waals surface area contributed by atoms with Crippen molar-refractivity contribution in [2.75, 3.05) is 20.3 Å². The van der Waals surface area contributed by atoms with Crippen molar-refractivity contribution in [1.82, 2.24) is 5.32 Å². The predicted molar refractivity (Wildman–Crippen MR) is 101 cm³/mol. The van der Waals surface area contributed by atoms with E-state index in [0.717, 1.165) is 11.1 Å². The van der Waals surface area contributed by atoms with Gasteiger partial charge >= 0.3 is 5.97 Å². The van der Waals surface area contributed by atoms with Crippen LogP contribution in [0.25, 0.3) is 6.08 Å². The number of carbonyl (C=O) groups is 2. The SMILES string of the molecule is COc1cccc(/C=C/C(=O)OCC(=O)NC[C@H](C)c2ccccc2)c1. The number of ether oxygens (including phenoxy) is 2. The Morgan fingerprint density at radius 3 is 2.62 bits per heavy atom. The van der Waals surface area contributed by atoms with Crippen molar-refractivity contribution in [2.24, 2.45) is 0 Å². The van der Waals surface area contributed by atoms with E-state index in [9.17, 15) is 9.59 Å². The molecule has 0 radical (unpaired) electrons. The minimum Gasteiger partial charge on any atom is -0.497 e. The number of esters is 1. The summed E-state index contributed by atoms with van der Waals surface area (Å²) in [5.74, 6) is -0.00812. The topological polar surface area (TPSA) is 64.6 Å². The van der Waals surface area contributed by atoms with E-state index in [4.69, 9.17) is 9.47 Å². The summed E-state index contributed by atoms with van der Waals surface area (Å²) in [6.45, 7) is 2.21. The van der Waals surface area contributed by atoms with Crippen LogP contribution in [0.1, 0.15) is 24.0 Å². The Bertz CT molecular complexity index is 756. The molecule has 2 aromatic rings. The summed E-state index contributed by atoms with van der Waals surface area (Å²) in [6.07, 6.45) is 2.90. The molecule has 2 rings (SSSR count). The summed E-state index contributed by atoms with van der Waals surface area (Å²) < 4.78 is 10.1. The third-order valence-electron chi connectivity index (χ3n) is 3.83. The molecular formula is C21H23NO4. The van der Waals surface area contributed by atoms with Crippen LogP contribution in [0.3, 0.4) is 0 Å². The highest BCUT2D eigenvalue weighted by atomic mass is 16.5. The average molecular weight is 353 g/mol. The maximum atomic E-state index is 11.8. The number of benzene rings is 2. The molecule has 0 bridgehead atoms. The summed E-state index contributed by atoms with van der Waals surface area (Å²) >= 11 is 0. The van der Waals surface area contributed by atoms with Crippen molar-refractivity contribution in [3.63, 3.8) is 0 Å². The van der Waals surface area contributed by atoms with Crippen LogP contribution in [0.4, 0.5) is 0 Å². The Labute approximate surface area is 153 Å². The quantitative estimate of drug-likeness (QED) is 0.585. The molecule has 0 saturated heterocycles. The summed E-state index contributed by atoms with van der Waals surface area (Å²) in [7, 11) is 1.58. The first-order chi connectivity index (χ1) is 12.6. The van der Waals surface area contributed by atoms with Gasteiger partial charge in [0.25, 0.3) is 5.91 Å². The van der Waals surface area contributed by atoms with E-state index in [2.05, 4.69) is 5.32 Å². The number of hydrogen-bond acceptors (Lipinski definition) is 4. The van der Waals surface area contributed by atoms with Gasteiger partial charge in [0.05, 0.1) is 7.11 Å². The van der Waals surface area contributed by atoms with Crippen LogP contribution < -0.4 is 10.1 Å². The molecule has 136 valence electrons. The first-order valence-electron chi connectivity index (χ1n) is 8.39. The van der Waals surface area contributed by atoms with E-state index in [1.165, 1.54) is 6.08 Å². The zero-order valence-corrected chi connectivity index (χ0v) is 15.0. The molecule has 2 aromatic carbocycles. The lowest BCUT2D eigenvalue weighted by Crippen LogP contribution is -2.31. The Balaban J connectivity index is 1.72. The lowest BCUT2D eigenvalue weighted by Gasteiger charge is -2.12. The van der Waals surface area contributed by atoms with Crippen LogP contribution in [0, 0.1) is 0 Å². The summed E-state index contributed by atoms with van der Waals surface area (Å²) in [5.41, 5.74) is 1.95. The molecule has 5 nitrogen and oxygen atoms in total. The minimum absolute atomic E-state index is 0.184. The highest BCUT2D eigenvalue weighted by molar-refractivity contribution is 5.89. The third-order valence-corrected chi connectivity index (χ3v) is 3.83. The zero-order valence-electron chi connectivity index (χ0n) is 15.0. The fourth-order valence-corrected chi connectivity index (χ4v) is 2.31. The van der Waals surface area contributed by atoms with Crippen LogP contribution in [0.15, 0.2) is 60.7 Å². The van der Waals surface area contributed by atoms with Crippen molar-refractivity contribution in [1.29, 1.82) is 0 Å². The highest BCUT2D eigenvalue weighted by Gasteiger charge is 2.09. The van der Waals surface area contributed by atoms with Gasteiger partial charge in [-0.3, -0.25) is 4.79 Å². The molecule has 1 amide bonds. The summed E-state index contributed by atoms with van der Waals surface area (Å²) in [6, 6.07) is 17.2. The van der Waals surface area contributed by atoms with Crippen LogP contribution in [-0.2, 0) is 14.3 Å². The smallest absolute Gasteiger partial charge is 0.331 e. The zero-order chi connectivity index (χ0) is 18.8. The van der Waals surface area contributed by atoms with Crippen molar-refractivity contribution in [2.45, 2.75) is 12.8 Å². The summed E-state index contributed by atoms with van der Waals surface area (Å²) in [5, 5.41) is 2.77. The lowest BCUT2D eigenvalue weighted by atomic mass is 10.0. The van der Waals surface area contributed by atoms with E-state index >= 15 is 0 Å². The van der Waals surface area contributed by atoms with Gasteiger partial charge in [0, 0.05) is 12.6 Å². The molecule has 0 aromatic heterocycles. The number of methoxy groups -OCH3 is 1. The van der Waals surface area contributed by atoms with Crippen LogP contribution in [0.2, 0.25) is 0 Å². The first-order valence-corrected chi connectivity index (χ1v) is 8.39. The van der Waals surface area contributed by atoms with Crippen molar-refractivity contribution in [3.8, 4) is 5.75 Å². The van der Waals surface area contributed by atoms with E-state index < -0.39 is 5.97 Å². The minimum atomic E-state index is -0.570. The lowest BCUT2D eigenvalue weighted by molar-refractivity contribution is -0.143.